The van der Waals surface area contributed by atoms with Crippen LogP contribution < -0.4 is 5.73 Å². The van der Waals surface area contributed by atoms with Gasteiger partial charge in [-0.3, -0.25) is 14.3 Å². The summed E-state index contributed by atoms with van der Waals surface area (Å²) in [5.74, 6) is -3.75. The summed E-state index contributed by atoms with van der Waals surface area (Å²) in [5, 5.41) is 5.01. The zero-order chi connectivity index (χ0) is 20.1. The van der Waals surface area contributed by atoms with E-state index in [1.54, 1.807) is 33.8 Å². The van der Waals surface area contributed by atoms with Crippen molar-refractivity contribution in [3.63, 3.8) is 0 Å². The average molecular weight is 409 g/mol. The zero-order valence-corrected chi connectivity index (χ0v) is 15.8. The van der Waals surface area contributed by atoms with Crippen molar-refractivity contribution < 1.29 is 18.4 Å². The first-order valence-electron chi connectivity index (χ1n) is 9.04. The fourth-order valence-corrected chi connectivity index (χ4v) is 4.12. The van der Waals surface area contributed by atoms with E-state index < -0.39 is 11.8 Å². The molecule has 1 aromatic heterocycles. The number of hydrogen-bond acceptors (Lipinski definition) is 3. The predicted molar refractivity (Wildman–Crippen MR) is 98.9 cm³/mol. The lowest BCUT2D eigenvalue weighted by atomic mass is 9.79. The lowest BCUT2D eigenvalue weighted by molar-refractivity contribution is -0.143. The molecule has 0 unspecified atom stereocenters. The van der Waals surface area contributed by atoms with Crippen molar-refractivity contribution >= 4 is 23.4 Å². The van der Waals surface area contributed by atoms with Crippen LogP contribution in [0.3, 0.4) is 0 Å². The quantitative estimate of drug-likeness (QED) is 0.844. The monoisotopic (exact) mass is 408 g/mol. The summed E-state index contributed by atoms with van der Waals surface area (Å²) >= 11 is 6.05. The summed E-state index contributed by atoms with van der Waals surface area (Å²) < 4.78 is 27.7. The summed E-state index contributed by atoms with van der Waals surface area (Å²) in [6, 6.07) is 6.95. The van der Waals surface area contributed by atoms with Gasteiger partial charge in [0.15, 0.2) is 0 Å². The van der Waals surface area contributed by atoms with Gasteiger partial charge in [0.2, 0.25) is 11.8 Å². The molecule has 0 radical (unpaired) electrons. The van der Waals surface area contributed by atoms with Crippen LogP contribution in [0.15, 0.2) is 24.3 Å². The molecule has 2 heterocycles. The van der Waals surface area contributed by atoms with Crippen LogP contribution in [0.5, 0.6) is 0 Å². The van der Waals surface area contributed by atoms with Crippen molar-refractivity contribution in [2.45, 2.75) is 38.3 Å². The Kier molecular flexibility index (Phi) is 4.61. The van der Waals surface area contributed by atoms with Gasteiger partial charge in [-0.2, -0.15) is 5.10 Å². The first-order valence-corrected chi connectivity index (χ1v) is 9.42. The predicted octanol–water partition coefficient (Wildman–Crippen LogP) is 3.08. The van der Waals surface area contributed by atoms with E-state index in [1.807, 2.05) is 0 Å². The van der Waals surface area contributed by atoms with Gasteiger partial charge in [0, 0.05) is 36.4 Å². The minimum absolute atomic E-state index is 0.0940. The van der Waals surface area contributed by atoms with Gasteiger partial charge in [-0.05, 0) is 18.1 Å². The van der Waals surface area contributed by atoms with E-state index >= 15 is 0 Å². The smallest absolute Gasteiger partial charge is 0.252 e. The van der Waals surface area contributed by atoms with E-state index in [9.17, 15) is 18.4 Å². The van der Waals surface area contributed by atoms with Crippen LogP contribution in [0.25, 0.3) is 11.3 Å². The third-order valence-electron chi connectivity index (χ3n) is 5.32. The minimum Gasteiger partial charge on any atom is -0.365 e. The molecule has 28 heavy (non-hydrogen) atoms. The maximum atomic E-state index is 13.0. The van der Waals surface area contributed by atoms with Gasteiger partial charge < -0.3 is 10.6 Å². The molecule has 4 rings (SSSR count). The van der Waals surface area contributed by atoms with E-state index in [1.165, 1.54) is 0 Å². The van der Waals surface area contributed by atoms with Crippen LogP contribution in [0.1, 0.15) is 35.3 Å². The molecule has 2 aliphatic rings. The van der Waals surface area contributed by atoms with Gasteiger partial charge in [-0.15, -0.1) is 0 Å². The lowest BCUT2D eigenvalue weighted by Gasteiger charge is -2.36. The number of primary amides is 1. The summed E-state index contributed by atoms with van der Waals surface area (Å²) in [6.45, 7) is 0.986. The van der Waals surface area contributed by atoms with Crippen LogP contribution in [0.2, 0.25) is 5.02 Å². The van der Waals surface area contributed by atoms with Crippen LogP contribution in [0.4, 0.5) is 8.78 Å². The molecule has 2 N–H and O–H groups in total. The highest BCUT2D eigenvalue weighted by molar-refractivity contribution is 6.30. The molecule has 1 aliphatic heterocycles. The first-order chi connectivity index (χ1) is 13.2. The van der Waals surface area contributed by atoms with E-state index in [0.717, 1.165) is 0 Å². The number of carbonyl (C=O) groups excluding carboxylic acids is 2. The summed E-state index contributed by atoms with van der Waals surface area (Å²) in [7, 11) is 0. The van der Waals surface area contributed by atoms with Crippen LogP contribution >= 0.6 is 11.6 Å². The van der Waals surface area contributed by atoms with Crippen molar-refractivity contribution in [1.29, 1.82) is 0 Å². The van der Waals surface area contributed by atoms with E-state index in [2.05, 4.69) is 5.10 Å². The molecule has 0 spiro atoms. The Labute approximate surface area is 165 Å². The van der Waals surface area contributed by atoms with Crippen LogP contribution in [0, 0.1) is 5.92 Å². The third kappa shape index (κ3) is 3.48. The second kappa shape index (κ2) is 6.84. The van der Waals surface area contributed by atoms with Crippen molar-refractivity contribution in [2.75, 3.05) is 6.54 Å². The van der Waals surface area contributed by atoms with Crippen LogP contribution in [-0.2, 0) is 17.9 Å². The molecular weight excluding hydrogens is 390 g/mol. The Bertz CT molecular complexity index is 951. The maximum Gasteiger partial charge on any atom is 0.252 e. The molecule has 9 heteroatoms. The van der Waals surface area contributed by atoms with Gasteiger partial charge in [0.25, 0.3) is 5.91 Å². The first kappa shape index (κ1) is 18.9. The highest BCUT2D eigenvalue weighted by Crippen LogP contribution is 2.44. The normalized spacial score (nSPS) is 18.5. The summed E-state index contributed by atoms with van der Waals surface area (Å²) in [4.78, 5) is 26.3. The molecule has 0 saturated heterocycles. The van der Waals surface area contributed by atoms with E-state index in [4.69, 9.17) is 17.3 Å². The topological polar surface area (TPSA) is 81.2 Å². The fourth-order valence-electron chi connectivity index (χ4n) is 3.93. The second-order valence-electron chi connectivity index (χ2n) is 7.42. The number of rotatable bonds is 4. The van der Waals surface area contributed by atoms with Gasteiger partial charge in [-0.25, -0.2) is 8.78 Å². The second-order valence-corrected chi connectivity index (χ2v) is 7.85. The Morgan fingerprint density at radius 1 is 1.29 bits per heavy atom. The van der Waals surface area contributed by atoms with E-state index in [-0.39, 0.29) is 43.2 Å². The molecule has 1 saturated carbocycles. The highest BCUT2D eigenvalue weighted by Gasteiger charge is 2.46. The molecule has 1 aliphatic carbocycles. The zero-order valence-electron chi connectivity index (χ0n) is 15.0. The summed E-state index contributed by atoms with van der Waals surface area (Å²) in [5.41, 5.74) is 7.52. The largest absolute Gasteiger partial charge is 0.365 e. The Morgan fingerprint density at radius 3 is 2.68 bits per heavy atom. The maximum absolute atomic E-state index is 13.0. The number of amides is 2. The number of hydrogen-bond donors (Lipinski definition) is 1. The van der Waals surface area contributed by atoms with Crippen molar-refractivity contribution in [3.05, 3.63) is 40.5 Å². The van der Waals surface area contributed by atoms with Crippen LogP contribution in [-0.4, -0.2) is 39.0 Å². The number of aromatic nitrogens is 2. The minimum atomic E-state index is -2.64. The summed E-state index contributed by atoms with van der Waals surface area (Å²) in [6.07, 6.45) is -0.386. The number of nitrogens with zero attached hydrogens (tertiary/aromatic N) is 3. The molecule has 1 fully saturated rings. The Hall–Kier alpha value is -2.48. The number of alkyl halides is 2. The molecule has 2 amide bonds. The van der Waals surface area contributed by atoms with Crippen molar-refractivity contribution in [1.82, 2.24) is 14.7 Å². The molecule has 6 nitrogen and oxygen atoms in total. The van der Waals surface area contributed by atoms with Crippen molar-refractivity contribution in [2.24, 2.45) is 11.7 Å². The molecule has 0 bridgehead atoms. The number of fused-ring (bicyclic) bond motifs is 1. The fraction of sp³-hybridized carbons (Fsp3) is 0.421. The van der Waals surface area contributed by atoms with Gasteiger partial charge in [0.1, 0.15) is 5.69 Å². The highest BCUT2D eigenvalue weighted by atomic mass is 35.5. The number of carbonyl (C=O) groups is 2. The Morgan fingerprint density at radius 2 is 2.04 bits per heavy atom. The molecule has 148 valence electrons. The third-order valence-corrected chi connectivity index (χ3v) is 5.55. The molecule has 0 atom stereocenters. The lowest BCUT2D eigenvalue weighted by Crippen LogP contribution is -2.43. The average Bonchev–Trinajstić information content (AvgIpc) is 2.99. The van der Waals surface area contributed by atoms with Crippen molar-refractivity contribution in [3.8, 4) is 11.3 Å². The van der Waals surface area contributed by atoms with Gasteiger partial charge in [0.05, 0.1) is 24.3 Å². The van der Waals surface area contributed by atoms with E-state index in [0.29, 0.717) is 35.1 Å². The molecule has 2 aromatic rings. The molecular formula is C19H19ClF2N4O2. The Balaban J connectivity index is 1.58. The van der Waals surface area contributed by atoms with Gasteiger partial charge >= 0.3 is 0 Å². The standard InChI is InChI=1S/C19H19ClF2N4O2/c20-13-3-1-2-12(7-13)17-16(18(23)28)14-10-25(4-5-26(14)24-17)15(27)6-11-8-19(21,22)9-11/h1-3,7,11H,4-6,8-10H2,(H2,23,28). The molecule has 1 aromatic carbocycles. The number of halogens is 3. The number of nitrogens with two attached hydrogens (primary N) is 1. The number of benzene rings is 1. The van der Waals surface area contributed by atoms with Gasteiger partial charge in [-0.1, -0.05) is 23.7 Å². The SMILES string of the molecule is NC(=O)c1c(-c2cccc(Cl)c2)nn2c1CN(C(=O)CC1CC(F)(F)C1)CC2.